The summed E-state index contributed by atoms with van der Waals surface area (Å²) in [6.07, 6.45) is 2.32. The van der Waals surface area contributed by atoms with Gasteiger partial charge in [0, 0.05) is 44.3 Å². The van der Waals surface area contributed by atoms with Gasteiger partial charge in [0.05, 0.1) is 5.52 Å². The Labute approximate surface area is 115 Å². The molecule has 0 saturated carbocycles. The van der Waals surface area contributed by atoms with Crippen LogP contribution in [0, 0.1) is 13.8 Å². The molecule has 0 bridgehead atoms. The molecule has 0 spiro atoms. The van der Waals surface area contributed by atoms with Gasteiger partial charge < -0.3 is 9.88 Å². The van der Waals surface area contributed by atoms with Gasteiger partial charge in [0.1, 0.15) is 0 Å². The first-order valence-corrected chi connectivity index (χ1v) is 7.05. The summed E-state index contributed by atoms with van der Waals surface area (Å²) < 4.78 is 2.29. The van der Waals surface area contributed by atoms with Gasteiger partial charge in [0.25, 0.3) is 0 Å². The lowest BCUT2D eigenvalue weighted by Crippen LogP contribution is -2.43. The Balaban J connectivity index is 2.21. The molecule has 3 rings (SSSR count). The molecule has 1 aliphatic rings. The van der Waals surface area contributed by atoms with Crippen LogP contribution < -0.4 is 5.32 Å². The maximum atomic E-state index is 3.52. The van der Waals surface area contributed by atoms with Crippen LogP contribution in [0.1, 0.15) is 22.7 Å². The second-order valence-electron chi connectivity index (χ2n) is 5.82. The van der Waals surface area contributed by atoms with Crippen molar-refractivity contribution >= 4 is 10.9 Å². The fourth-order valence-electron chi connectivity index (χ4n) is 3.36. The summed E-state index contributed by atoms with van der Waals surface area (Å²) in [4.78, 5) is 2.47. The van der Waals surface area contributed by atoms with Crippen molar-refractivity contribution in [1.82, 2.24) is 14.8 Å². The molecule has 102 valence electrons. The highest BCUT2D eigenvalue weighted by molar-refractivity contribution is 5.90. The standard InChI is InChI=1S/C16H23N3/c1-11-5-6-12(2)16-15(11)13(10-19(16)4)14-9-17-7-8-18(14)3/h5-6,10,14,17H,7-9H2,1-4H3. The lowest BCUT2D eigenvalue weighted by atomic mass is 9.98. The summed E-state index contributed by atoms with van der Waals surface area (Å²) >= 11 is 0. The first-order chi connectivity index (χ1) is 9.09. The Morgan fingerprint density at radius 2 is 1.89 bits per heavy atom. The Bertz CT molecular complexity index is 612. The predicted molar refractivity (Wildman–Crippen MR) is 80.6 cm³/mol. The zero-order valence-electron chi connectivity index (χ0n) is 12.3. The van der Waals surface area contributed by atoms with E-state index in [1.54, 1.807) is 0 Å². The van der Waals surface area contributed by atoms with E-state index in [0.29, 0.717) is 6.04 Å². The van der Waals surface area contributed by atoms with E-state index in [-0.39, 0.29) is 0 Å². The minimum atomic E-state index is 0.484. The van der Waals surface area contributed by atoms with E-state index in [9.17, 15) is 0 Å². The molecular weight excluding hydrogens is 234 g/mol. The van der Waals surface area contributed by atoms with E-state index >= 15 is 0 Å². The van der Waals surface area contributed by atoms with Crippen molar-refractivity contribution < 1.29 is 0 Å². The molecule has 1 N–H and O–H groups in total. The molecule has 1 fully saturated rings. The number of fused-ring (bicyclic) bond motifs is 1. The van der Waals surface area contributed by atoms with Crippen molar-refractivity contribution in [2.45, 2.75) is 19.9 Å². The SMILES string of the molecule is Cc1ccc(C)c2c1c(C1CNCCN1C)cn2C. The third-order valence-corrected chi connectivity index (χ3v) is 4.43. The van der Waals surface area contributed by atoms with Crippen molar-refractivity contribution in [3.63, 3.8) is 0 Å². The van der Waals surface area contributed by atoms with Crippen molar-refractivity contribution in [2.24, 2.45) is 7.05 Å². The summed E-state index contributed by atoms with van der Waals surface area (Å²) in [6, 6.07) is 4.96. The number of nitrogens with zero attached hydrogens (tertiary/aromatic N) is 2. The molecule has 2 aromatic rings. The number of hydrogen-bond acceptors (Lipinski definition) is 2. The van der Waals surface area contributed by atoms with E-state index in [1.807, 2.05) is 0 Å². The molecule has 0 aliphatic carbocycles. The lowest BCUT2D eigenvalue weighted by Gasteiger charge is -2.33. The fraction of sp³-hybridized carbons (Fsp3) is 0.500. The number of aromatic nitrogens is 1. The highest BCUT2D eigenvalue weighted by Gasteiger charge is 2.24. The average Bonchev–Trinajstić information content (AvgIpc) is 2.73. The van der Waals surface area contributed by atoms with E-state index in [0.717, 1.165) is 19.6 Å². The Morgan fingerprint density at radius 3 is 2.63 bits per heavy atom. The minimum absolute atomic E-state index is 0.484. The van der Waals surface area contributed by atoms with Gasteiger partial charge in [-0.25, -0.2) is 0 Å². The van der Waals surface area contributed by atoms with Crippen molar-refractivity contribution in [3.8, 4) is 0 Å². The van der Waals surface area contributed by atoms with E-state index in [4.69, 9.17) is 0 Å². The Morgan fingerprint density at radius 1 is 1.16 bits per heavy atom. The highest BCUT2D eigenvalue weighted by atomic mass is 15.2. The maximum Gasteiger partial charge on any atom is 0.0513 e. The lowest BCUT2D eigenvalue weighted by molar-refractivity contribution is 0.203. The van der Waals surface area contributed by atoms with Crippen LogP contribution in [0.4, 0.5) is 0 Å². The number of piperazine rings is 1. The number of aryl methyl sites for hydroxylation is 3. The van der Waals surface area contributed by atoms with Crippen LogP contribution in [0.5, 0.6) is 0 Å². The normalized spacial score (nSPS) is 21.2. The largest absolute Gasteiger partial charge is 0.350 e. The first-order valence-electron chi connectivity index (χ1n) is 7.05. The van der Waals surface area contributed by atoms with Gasteiger partial charge in [-0.05, 0) is 37.6 Å². The van der Waals surface area contributed by atoms with E-state index in [2.05, 4.69) is 61.1 Å². The topological polar surface area (TPSA) is 20.2 Å². The number of benzene rings is 1. The van der Waals surface area contributed by atoms with Crippen LogP contribution >= 0.6 is 0 Å². The average molecular weight is 257 g/mol. The van der Waals surface area contributed by atoms with Gasteiger partial charge in [-0.3, -0.25) is 4.90 Å². The molecule has 3 nitrogen and oxygen atoms in total. The number of nitrogens with one attached hydrogen (secondary N) is 1. The molecule has 1 saturated heterocycles. The second-order valence-corrected chi connectivity index (χ2v) is 5.82. The highest BCUT2D eigenvalue weighted by Crippen LogP contribution is 2.33. The third-order valence-electron chi connectivity index (χ3n) is 4.43. The Kier molecular flexibility index (Phi) is 3.11. The molecule has 1 aromatic carbocycles. The zero-order chi connectivity index (χ0) is 13.6. The molecule has 1 aromatic heterocycles. The Hall–Kier alpha value is -1.32. The molecule has 19 heavy (non-hydrogen) atoms. The summed E-state index contributed by atoms with van der Waals surface area (Å²) in [5.74, 6) is 0. The van der Waals surface area contributed by atoms with Crippen LogP contribution in [0.25, 0.3) is 10.9 Å². The second kappa shape index (κ2) is 4.66. The van der Waals surface area contributed by atoms with Gasteiger partial charge in [-0.15, -0.1) is 0 Å². The fourth-order valence-corrected chi connectivity index (χ4v) is 3.36. The van der Waals surface area contributed by atoms with Crippen LogP contribution in [0.15, 0.2) is 18.3 Å². The van der Waals surface area contributed by atoms with E-state index < -0.39 is 0 Å². The van der Waals surface area contributed by atoms with Crippen LogP contribution in [-0.2, 0) is 7.05 Å². The maximum absolute atomic E-state index is 3.52. The number of likely N-dealkylation sites (N-methyl/N-ethyl adjacent to an activating group) is 1. The summed E-state index contributed by atoms with van der Waals surface area (Å²) in [5, 5.41) is 4.97. The van der Waals surface area contributed by atoms with Crippen LogP contribution in [0.3, 0.4) is 0 Å². The van der Waals surface area contributed by atoms with Gasteiger partial charge in [0.15, 0.2) is 0 Å². The molecule has 1 unspecified atom stereocenters. The molecule has 0 amide bonds. The predicted octanol–water partition coefficient (Wildman–Crippen LogP) is 2.37. The molecule has 1 aliphatic heterocycles. The van der Waals surface area contributed by atoms with Crippen molar-refractivity contribution in [3.05, 3.63) is 35.0 Å². The molecule has 0 radical (unpaired) electrons. The quantitative estimate of drug-likeness (QED) is 0.846. The number of rotatable bonds is 1. The van der Waals surface area contributed by atoms with Crippen molar-refractivity contribution in [2.75, 3.05) is 26.7 Å². The third kappa shape index (κ3) is 1.97. The van der Waals surface area contributed by atoms with Gasteiger partial charge in [-0.1, -0.05) is 12.1 Å². The molecule has 3 heteroatoms. The summed E-state index contributed by atoms with van der Waals surface area (Å²) in [7, 11) is 4.39. The monoisotopic (exact) mass is 257 g/mol. The summed E-state index contributed by atoms with van der Waals surface area (Å²) in [6.45, 7) is 7.68. The first kappa shape index (κ1) is 12.7. The molecule has 2 heterocycles. The minimum Gasteiger partial charge on any atom is -0.350 e. The molecular formula is C16H23N3. The van der Waals surface area contributed by atoms with Crippen LogP contribution in [-0.4, -0.2) is 36.1 Å². The van der Waals surface area contributed by atoms with Crippen LogP contribution in [0.2, 0.25) is 0 Å². The number of hydrogen-bond donors (Lipinski definition) is 1. The smallest absolute Gasteiger partial charge is 0.0513 e. The van der Waals surface area contributed by atoms with Gasteiger partial charge >= 0.3 is 0 Å². The zero-order valence-corrected chi connectivity index (χ0v) is 12.3. The molecule has 1 atom stereocenters. The van der Waals surface area contributed by atoms with Gasteiger partial charge in [-0.2, -0.15) is 0 Å². The van der Waals surface area contributed by atoms with Crippen molar-refractivity contribution in [1.29, 1.82) is 0 Å². The van der Waals surface area contributed by atoms with E-state index in [1.165, 1.54) is 27.6 Å². The summed E-state index contributed by atoms with van der Waals surface area (Å²) in [5.41, 5.74) is 5.60. The van der Waals surface area contributed by atoms with Gasteiger partial charge in [0.2, 0.25) is 0 Å².